The van der Waals surface area contributed by atoms with Crippen molar-refractivity contribution in [2.45, 2.75) is 37.3 Å². The lowest BCUT2D eigenvalue weighted by molar-refractivity contribution is -0.138. The van der Waals surface area contributed by atoms with Crippen LogP contribution < -0.4 is 11.2 Å². The molecule has 2 aromatic heterocycles. The van der Waals surface area contributed by atoms with E-state index in [1.165, 1.54) is 12.1 Å². The third kappa shape index (κ3) is 5.78. The molecule has 0 unspecified atom stereocenters. The molecule has 0 amide bonds. The lowest BCUT2D eigenvalue weighted by Crippen LogP contribution is -2.43. The maximum atomic E-state index is 14.2. The Morgan fingerprint density at radius 2 is 1.74 bits per heavy atom. The van der Waals surface area contributed by atoms with E-state index in [9.17, 15) is 37.5 Å². The molecule has 3 aromatic rings. The highest BCUT2D eigenvalue weighted by molar-refractivity contribution is 7.46. The number of alkyl halides is 3. The van der Waals surface area contributed by atoms with Crippen LogP contribution in [0.3, 0.4) is 0 Å². The molecule has 1 aliphatic rings. The van der Waals surface area contributed by atoms with Crippen LogP contribution in [0, 0.1) is 0 Å². The molecule has 204 valence electrons. The van der Waals surface area contributed by atoms with E-state index in [0.717, 1.165) is 24.5 Å². The Hall–Kier alpha value is -3.17. The standard InChI is InChI=1S/C22H21F3N3O9P/c23-22(24,25)17-13(12-4-2-1-3-5-12)6-8-26-14(17)10-28-16(29)7-9-27(21(28)32)20-19(31)18(30)15(37-20)11-36-38(33,34)35/h1-9,15,18-20,30-31H,10-11H2,(H2,33,34,35)/t15-,18+,19+,20-/m1/s1. The average Bonchev–Trinajstić information content (AvgIpc) is 3.13. The van der Waals surface area contributed by atoms with E-state index in [1.54, 1.807) is 18.2 Å². The number of aromatic nitrogens is 3. The zero-order valence-corrected chi connectivity index (χ0v) is 20.1. The van der Waals surface area contributed by atoms with Crippen molar-refractivity contribution in [3.8, 4) is 11.1 Å². The quantitative estimate of drug-likeness (QED) is 0.304. The third-order valence-electron chi connectivity index (χ3n) is 5.82. The summed E-state index contributed by atoms with van der Waals surface area (Å²) < 4.78 is 64.1. The number of hydrogen-bond acceptors (Lipinski definition) is 8. The number of phosphoric acid groups is 1. The number of halogens is 3. The number of hydrogen-bond donors (Lipinski definition) is 4. The van der Waals surface area contributed by atoms with Crippen LogP contribution in [0.2, 0.25) is 0 Å². The summed E-state index contributed by atoms with van der Waals surface area (Å²) in [5, 5.41) is 20.5. The number of aliphatic hydroxyl groups is 2. The second kappa shape index (κ2) is 10.5. The molecule has 1 saturated heterocycles. The van der Waals surface area contributed by atoms with Crippen molar-refractivity contribution < 1.29 is 47.0 Å². The van der Waals surface area contributed by atoms with E-state index in [0.29, 0.717) is 9.13 Å². The fraction of sp³-hybridized carbons (Fsp3) is 0.318. The molecule has 3 heterocycles. The molecular weight excluding hydrogens is 538 g/mol. The smallest absolute Gasteiger partial charge is 0.387 e. The van der Waals surface area contributed by atoms with Crippen LogP contribution in [0.5, 0.6) is 0 Å². The van der Waals surface area contributed by atoms with Crippen molar-refractivity contribution in [3.05, 3.63) is 87.0 Å². The van der Waals surface area contributed by atoms with Crippen LogP contribution in [0.4, 0.5) is 13.2 Å². The molecule has 0 saturated carbocycles. The summed E-state index contributed by atoms with van der Waals surface area (Å²) in [5.41, 5.74) is -3.89. The molecule has 4 atom stereocenters. The molecule has 0 spiro atoms. The third-order valence-corrected chi connectivity index (χ3v) is 6.30. The summed E-state index contributed by atoms with van der Waals surface area (Å²) in [6.45, 7) is -1.73. The van der Waals surface area contributed by atoms with E-state index in [2.05, 4.69) is 9.51 Å². The van der Waals surface area contributed by atoms with E-state index < -0.39 is 74.2 Å². The molecule has 1 aromatic carbocycles. The van der Waals surface area contributed by atoms with Gasteiger partial charge in [0.1, 0.15) is 18.3 Å². The Bertz CT molecular complexity index is 1470. The highest BCUT2D eigenvalue weighted by atomic mass is 31.2. The number of phosphoric ester groups is 1. The molecule has 0 radical (unpaired) electrons. The van der Waals surface area contributed by atoms with Gasteiger partial charge in [-0.25, -0.2) is 9.36 Å². The SMILES string of the molecule is O=c1ccn([C@@H]2O[C@H](COP(=O)(O)O)[C@H](O)[C@@H]2O)c(=O)n1Cc1nccc(-c2ccccc2)c1C(F)(F)F. The van der Waals surface area contributed by atoms with Gasteiger partial charge in [-0.2, -0.15) is 13.2 Å². The predicted molar refractivity (Wildman–Crippen MR) is 123 cm³/mol. The van der Waals surface area contributed by atoms with Crippen LogP contribution in [0.1, 0.15) is 17.5 Å². The van der Waals surface area contributed by atoms with Gasteiger partial charge in [-0.3, -0.25) is 23.4 Å². The Labute approximate surface area is 211 Å². The average molecular weight is 559 g/mol. The maximum Gasteiger partial charge on any atom is 0.469 e. The summed E-state index contributed by atoms with van der Waals surface area (Å²) in [6, 6.07) is 9.67. The zero-order chi connectivity index (χ0) is 27.8. The monoisotopic (exact) mass is 559 g/mol. The lowest BCUT2D eigenvalue weighted by Gasteiger charge is -2.20. The van der Waals surface area contributed by atoms with Crippen LogP contribution in [0.15, 0.2) is 64.4 Å². The van der Waals surface area contributed by atoms with Gasteiger partial charge in [-0.05, 0) is 17.2 Å². The van der Waals surface area contributed by atoms with Crippen molar-refractivity contribution >= 4 is 7.82 Å². The highest BCUT2D eigenvalue weighted by Crippen LogP contribution is 2.39. The van der Waals surface area contributed by atoms with E-state index in [4.69, 9.17) is 14.5 Å². The second-order valence-electron chi connectivity index (χ2n) is 8.31. The van der Waals surface area contributed by atoms with Crippen LogP contribution in [0.25, 0.3) is 11.1 Å². The first-order valence-corrected chi connectivity index (χ1v) is 12.4. The molecule has 4 N–H and O–H groups in total. The van der Waals surface area contributed by atoms with Gasteiger partial charge >= 0.3 is 19.7 Å². The first-order chi connectivity index (χ1) is 17.8. The minimum Gasteiger partial charge on any atom is -0.387 e. The van der Waals surface area contributed by atoms with Gasteiger partial charge in [0, 0.05) is 18.5 Å². The maximum absolute atomic E-state index is 14.2. The predicted octanol–water partition coefficient (Wildman–Crippen LogP) is 0.868. The van der Waals surface area contributed by atoms with Crippen molar-refractivity contribution in [3.63, 3.8) is 0 Å². The molecule has 0 bridgehead atoms. The van der Waals surface area contributed by atoms with E-state index in [1.807, 2.05) is 0 Å². The summed E-state index contributed by atoms with van der Waals surface area (Å²) >= 11 is 0. The Morgan fingerprint density at radius 3 is 2.37 bits per heavy atom. The molecule has 4 rings (SSSR count). The number of rotatable bonds is 7. The topological polar surface area (TPSA) is 173 Å². The van der Waals surface area contributed by atoms with Gasteiger partial charge in [0.2, 0.25) is 0 Å². The lowest BCUT2D eigenvalue weighted by atomic mass is 9.98. The number of nitrogens with zero attached hydrogens (tertiary/aromatic N) is 3. The van der Waals surface area contributed by atoms with Crippen molar-refractivity contribution in [2.75, 3.05) is 6.61 Å². The summed E-state index contributed by atoms with van der Waals surface area (Å²) in [6.07, 6.45) is -9.56. The second-order valence-corrected chi connectivity index (χ2v) is 9.55. The van der Waals surface area contributed by atoms with E-state index >= 15 is 0 Å². The van der Waals surface area contributed by atoms with Crippen molar-refractivity contribution in [1.82, 2.24) is 14.1 Å². The minimum atomic E-state index is -4.95. The van der Waals surface area contributed by atoms with Gasteiger partial charge in [-0.1, -0.05) is 30.3 Å². The first kappa shape index (κ1) is 27.9. The molecule has 12 nitrogen and oxygen atoms in total. The molecule has 38 heavy (non-hydrogen) atoms. The first-order valence-electron chi connectivity index (χ1n) is 10.9. The highest BCUT2D eigenvalue weighted by Gasteiger charge is 2.45. The van der Waals surface area contributed by atoms with Crippen molar-refractivity contribution in [2.24, 2.45) is 0 Å². The van der Waals surface area contributed by atoms with E-state index in [-0.39, 0.29) is 11.1 Å². The van der Waals surface area contributed by atoms with Gasteiger partial charge in [0.15, 0.2) is 6.23 Å². The Kier molecular flexibility index (Phi) is 7.72. The number of benzene rings is 1. The van der Waals surface area contributed by atoms with Crippen LogP contribution >= 0.6 is 7.82 Å². The van der Waals surface area contributed by atoms with Crippen LogP contribution in [-0.4, -0.2) is 59.0 Å². The largest absolute Gasteiger partial charge is 0.469 e. The Morgan fingerprint density at radius 1 is 1.05 bits per heavy atom. The van der Waals surface area contributed by atoms with Gasteiger partial charge in [-0.15, -0.1) is 0 Å². The van der Waals surface area contributed by atoms with Gasteiger partial charge in [0.25, 0.3) is 5.56 Å². The number of ether oxygens (including phenoxy) is 1. The Balaban J connectivity index is 1.73. The summed E-state index contributed by atoms with van der Waals surface area (Å²) in [7, 11) is -4.95. The fourth-order valence-corrected chi connectivity index (χ4v) is 4.43. The summed E-state index contributed by atoms with van der Waals surface area (Å²) in [5.74, 6) is 0. The van der Waals surface area contributed by atoms with Crippen molar-refractivity contribution in [1.29, 1.82) is 0 Å². The van der Waals surface area contributed by atoms with Crippen LogP contribution in [-0.2, 0) is 26.5 Å². The fourth-order valence-electron chi connectivity index (χ4n) is 4.09. The normalized spacial score (nSPS) is 22.1. The van der Waals surface area contributed by atoms with Gasteiger partial charge < -0.3 is 24.7 Å². The molecular formula is C22H21F3N3O9P. The number of pyridine rings is 1. The molecule has 0 aliphatic carbocycles. The molecule has 1 fully saturated rings. The number of aliphatic hydroxyl groups excluding tert-OH is 2. The minimum absolute atomic E-state index is 0.210. The summed E-state index contributed by atoms with van der Waals surface area (Å²) in [4.78, 5) is 47.2. The van der Waals surface area contributed by atoms with Gasteiger partial charge in [0.05, 0.1) is 24.4 Å². The molecule has 16 heteroatoms. The molecule has 1 aliphatic heterocycles. The zero-order valence-electron chi connectivity index (χ0n) is 19.2.